The maximum Gasteiger partial charge on any atom is 0.0720 e. The van der Waals surface area contributed by atoms with Crippen LogP contribution in [0.3, 0.4) is 0 Å². The Bertz CT molecular complexity index is 3370. The standard InChI is InChI=1S/C62H45NS/c1-4-17-44(18-5-1)61(55-27-13-14-28-56(55)62(45-19-6-2-7-20-45)54-26-12-10-23-50(54)52-25-16-29-57(61)60(52)62)46-34-38-49(39-35-46)63(47-21-8-3-9-22-47)48-36-31-42(32-37-48)43-33-40-59-53(41-43)51-24-11-15-30-58(51)64-59/h1-4,6-14,16-17,19-29,31-41H,5,15,18,30H2. The first-order chi connectivity index (χ1) is 31.7. The van der Waals surface area contributed by atoms with Crippen molar-refractivity contribution in [2.75, 3.05) is 4.90 Å². The molecular formula is C62H45NS. The number of benzene rings is 8. The van der Waals surface area contributed by atoms with Crippen molar-refractivity contribution in [2.45, 2.75) is 36.5 Å². The zero-order chi connectivity index (χ0) is 42.2. The molecule has 0 N–H and O–H groups in total. The number of anilines is 3. The summed E-state index contributed by atoms with van der Waals surface area (Å²) in [5, 5.41) is 1.37. The molecule has 4 aliphatic rings. The molecule has 0 aliphatic heterocycles. The third kappa shape index (κ3) is 5.30. The second-order valence-electron chi connectivity index (χ2n) is 17.7. The lowest BCUT2D eigenvalue weighted by molar-refractivity contribution is 0.598. The summed E-state index contributed by atoms with van der Waals surface area (Å²) in [5.74, 6) is 0. The van der Waals surface area contributed by atoms with Gasteiger partial charge in [-0.2, -0.15) is 0 Å². The van der Waals surface area contributed by atoms with E-state index in [9.17, 15) is 0 Å². The quantitative estimate of drug-likeness (QED) is 0.155. The van der Waals surface area contributed by atoms with Crippen molar-refractivity contribution in [3.8, 4) is 22.3 Å². The summed E-state index contributed by atoms with van der Waals surface area (Å²) >= 11 is 1.95. The molecule has 0 amide bonds. The van der Waals surface area contributed by atoms with Gasteiger partial charge in [0, 0.05) is 32.0 Å². The maximum absolute atomic E-state index is 2.45. The van der Waals surface area contributed by atoms with Crippen molar-refractivity contribution < 1.29 is 0 Å². The van der Waals surface area contributed by atoms with Gasteiger partial charge in [-0.25, -0.2) is 0 Å². The van der Waals surface area contributed by atoms with Gasteiger partial charge in [-0.1, -0.05) is 182 Å². The van der Waals surface area contributed by atoms with Crippen LogP contribution >= 0.6 is 11.3 Å². The first kappa shape index (κ1) is 37.3. The summed E-state index contributed by atoms with van der Waals surface area (Å²) in [5.41, 5.74) is 19.9. The van der Waals surface area contributed by atoms with Crippen molar-refractivity contribution in [2.24, 2.45) is 0 Å². The average molecular weight is 836 g/mol. The molecule has 64 heavy (non-hydrogen) atoms. The minimum Gasteiger partial charge on any atom is -0.311 e. The second-order valence-corrected chi connectivity index (χ2v) is 18.8. The highest BCUT2D eigenvalue weighted by Crippen LogP contribution is 2.66. The smallest absolute Gasteiger partial charge is 0.0720 e. The van der Waals surface area contributed by atoms with E-state index in [1.165, 1.54) is 87.3 Å². The van der Waals surface area contributed by atoms with Gasteiger partial charge in [-0.3, -0.25) is 0 Å². The Morgan fingerprint density at radius 3 is 1.83 bits per heavy atom. The molecule has 13 rings (SSSR count). The number of hydrogen-bond donors (Lipinski definition) is 0. The van der Waals surface area contributed by atoms with Crippen molar-refractivity contribution in [3.05, 3.63) is 273 Å². The highest BCUT2D eigenvalue weighted by Gasteiger charge is 2.57. The molecule has 4 aliphatic carbocycles. The Balaban J connectivity index is 0.980. The van der Waals surface area contributed by atoms with Gasteiger partial charge < -0.3 is 4.90 Å². The molecule has 2 atom stereocenters. The lowest BCUT2D eigenvalue weighted by Crippen LogP contribution is -2.45. The van der Waals surface area contributed by atoms with Gasteiger partial charge in [0.25, 0.3) is 0 Å². The Morgan fingerprint density at radius 2 is 1.06 bits per heavy atom. The van der Waals surface area contributed by atoms with E-state index in [2.05, 4.69) is 229 Å². The predicted molar refractivity (Wildman–Crippen MR) is 269 cm³/mol. The molecule has 2 unspecified atom stereocenters. The topological polar surface area (TPSA) is 3.24 Å². The average Bonchev–Trinajstić information content (AvgIpc) is 3.90. The normalized spacial score (nSPS) is 18.8. The number of rotatable bonds is 7. The lowest BCUT2D eigenvalue weighted by atomic mass is 9.51. The van der Waals surface area contributed by atoms with Crippen LogP contribution in [0.2, 0.25) is 0 Å². The minimum absolute atomic E-state index is 0.447. The van der Waals surface area contributed by atoms with Crippen LogP contribution in [0.15, 0.2) is 224 Å². The second kappa shape index (κ2) is 14.7. The molecule has 1 heterocycles. The molecule has 1 aromatic heterocycles. The lowest BCUT2D eigenvalue weighted by Gasteiger charge is -2.50. The summed E-state index contributed by atoms with van der Waals surface area (Å²) in [4.78, 5) is 3.91. The van der Waals surface area contributed by atoms with Crippen LogP contribution < -0.4 is 4.90 Å². The van der Waals surface area contributed by atoms with Crippen LogP contribution in [-0.4, -0.2) is 0 Å². The van der Waals surface area contributed by atoms with E-state index in [-0.39, 0.29) is 0 Å². The Labute approximate surface area is 379 Å². The van der Waals surface area contributed by atoms with Crippen molar-refractivity contribution in [1.29, 1.82) is 0 Å². The monoisotopic (exact) mass is 835 g/mol. The fraction of sp³-hybridized carbons (Fsp3) is 0.0968. The fourth-order valence-corrected chi connectivity index (χ4v) is 13.1. The molecule has 0 saturated carbocycles. The number of allylic oxidation sites excluding steroid dienone is 5. The van der Waals surface area contributed by atoms with Crippen LogP contribution in [0.4, 0.5) is 17.1 Å². The Kier molecular flexibility index (Phi) is 8.55. The SMILES string of the molecule is C1=CCCC(C2(c3ccc(N(c4ccccc4)c4ccc(-c5ccc6sc7c(c6c5)C=CCC7)cc4)cc3)c3ccccc3C3(c4ccccc4)c4ccccc4-c4cccc2c43)=C1. The van der Waals surface area contributed by atoms with Crippen molar-refractivity contribution in [1.82, 2.24) is 0 Å². The first-order valence-electron chi connectivity index (χ1n) is 22.8. The predicted octanol–water partition coefficient (Wildman–Crippen LogP) is 16.3. The zero-order valence-corrected chi connectivity index (χ0v) is 36.4. The van der Waals surface area contributed by atoms with E-state index in [1.54, 1.807) is 0 Å². The van der Waals surface area contributed by atoms with Crippen LogP contribution in [0.1, 0.15) is 68.6 Å². The van der Waals surface area contributed by atoms with E-state index < -0.39 is 10.8 Å². The highest BCUT2D eigenvalue weighted by atomic mass is 32.1. The largest absolute Gasteiger partial charge is 0.311 e. The third-order valence-electron chi connectivity index (χ3n) is 14.6. The zero-order valence-electron chi connectivity index (χ0n) is 35.5. The van der Waals surface area contributed by atoms with E-state index in [4.69, 9.17) is 0 Å². The first-order valence-corrected chi connectivity index (χ1v) is 23.6. The summed E-state index contributed by atoms with van der Waals surface area (Å²) in [6.45, 7) is 0. The number of fused-ring (bicyclic) bond motifs is 8. The molecule has 0 bridgehead atoms. The molecule has 304 valence electrons. The number of para-hydroxylation sites is 1. The molecule has 0 radical (unpaired) electrons. The molecular weight excluding hydrogens is 791 g/mol. The molecule has 0 spiro atoms. The van der Waals surface area contributed by atoms with Gasteiger partial charge in [0.1, 0.15) is 0 Å². The molecule has 2 heteroatoms. The van der Waals surface area contributed by atoms with Crippen molar-refractivity contribution >= 4 is 44.6 Å². The minimum atomic E-state index is -0.511. The van der Waals surface area contributed by atoms with Crippen LogP contribution in [0.25, 0.3) is 38.4 Å². The summed E-state index contributed by atoms with van der Waals surface area (Å²) in [6.07, 6.45) is 16.0. The summed E-state index contributed by atoms with van der Waals surface area (Å²) < 4.78 is 1.38. The van der Waals surface area contributed by atoms with Gasteiger partial charge in [0.2, 0.25) is 0 Å². The van der Waals surface area contributed by atoms with Crippen LogP contribution in [0.5, 0.6) is 0 Å². The highest BCUT2D eigenvalue weighted by molar-refractivity contribution is 7.19. The molecule has 1 nitrogen and oxygen atoms in total. The van der Waals surface area contributed by atoms with Gasteiger partial charge in [-0.15, -0.1) is 11.3 Å². The summed E-state index contributed by atoms with van der Waals surface area (Å²) in [7, 11) is 0. The molecule has 9 aromatic rings. The molecule has 0 saturated heterocycles. The van der Waals surface area contributed by atoms with E-state index in [1.807, 2.05) is 11.3 Å². The van der Waals surface area contributed by atoms with Gasteiger partial charge >= 0.3 is 0 Å². The molecule has 8 aromatic carbocycles. The van der Waals surface area contributed by atoms with Crippen molar-refractivity contribution in [3.63, 3.8) is 0 Å². The van der Waals surface area contributed by atoms with Gasteiger partial charge in [0.15, 0.2) is 0 Å². The van der Waals surface area contributed by atoms with Gasteiger partial charge in [-0.05, 0) is 141 Å². The van der Waals surface area contributed by atoms with E-state index in [0.717, 1.165) is 42.7 Å². The molecule has 0 fully saturated rings. The summed E-state index contributed by atoms with van der Waals surface area (Å²) in [6, 6.07) is 73.5. The number of hydrogen-bond acceptors (Lipinski definition) is 2. The Morgan fingerprint density at radius 1 is 0.453 bits per heavy atom. The van der Waals surface area contributed by atoms with E-state index >= 15 is 0 Å². The third-order valence-corrected chi connectivity index (χ3v) is 15.8. The van der Waals surface area contributed by atoms with E-state index in [0.29, 0.717) is 0 Å². The number of nitrogens with zero attached hydrogens (tertiary/aromatic N) is 1. The van der Waals surface area contributed by atoms with Crippen LogP contribution in [-0.2, 0) is 17.3 Å². The fourth-order valence-electron chi connectivity index (χ4n) is 12.0. The Hall–Kier alpha value is -7.26. The number of thiophene rings is 1. The van der Waals surface area contributed by atoms with Crippen LogP contribution in [0, 0.1) is 0 Å². The number of aryl methyl sites for hydroxylation is 1. The van der Waals surface area contributed by atoms with Gasteiger partial charge in [0.05, 0.1) is 10.8 Å². The maximum atomic E-state index is 2.45.